The van der Waals surface area contributed by atoms with Gasteiger partial charge >= 0.3 is 17.8 Å². The van der Waals surface area contributed by atoms with Gasteiger partial charge in [0.15, 0.2) is 11.7 Å². The van der Waals surface area contributed by atoms with Gasteiger partial charge in [-0.15, -0.1) is 11.3 Å². The van der Waals surface area contributed by atoms with Crippen molar-refractivity contribution in [3.05, 3.63) is 29.3 Å². The van der Waals surface area contributed by atoms with Crippen LogP contribution < -0.4 is 4.90 Å². The van der Waals surface area contributed by atoms with Crippen molar-refractivity contribution < 1.29 is 19.3 Å². The molecular weight excluding hydrogens is 352 g/mol. The number of benzene rings is 1. The number of hydrogen-bond donors (Lipinski definition) is 1. The van der Waals surface area contributed by atoms with E-state index in [2.05, 4.69) is 6.07 Å². The molecule has 2 aliphatic heterocycles. The Morgan fingerprint density at radius 2 is 2.00 bits per heavy atom. The minimum atomic E-state index is -0.722. The van der Waals surface area contributed by atoms with Crippen LogP contribution in [0.25, 0.3) is 10.2 Å². The van der Waals surface area contributed by atoms with Crippen LogP contribution in [0.15, 0.2) is 24.3 Å². The van der Waals surface area contributed by atoms with Crippen LogP contribution in [0, 0.1) is 0 Å². The van der Waals surface area contributed by atoms with Crippen molar-refractivity contribution in [3.63, 3.8) is 0 Å². The van der Waals surface area contributed by atoms with Crippen LogP contribution in [0.3, 0.4) is 0 Å². The highest BCUT2D eigenvalue weighted by Crippen LogP contribution is 2.28. The maximum atomic E-state index is 12.5. The number of aromatic nitrogens is 1. The first-order valence-electron chi connectivity index (χ1n) is 8.86. The third-order valence-electron chi connectivity index (χ3n) is 5.05. The van der Waals surface area contributed by atoms with Crippen molar-refractivity contribution in [2.24, 2.45) is 0 Å². The van der Waals surface area contributed by atoms with Gasteiger partial charge in [0.05, 0.1) is 16.8 Å². The smallest absolute Gasteiger partial charge is 0.309 e. The molecule has 0 radical (unpaired) electrons. The molecule has 4 amide bonds. The van der Waals surface area contributed by atoms with Gasteiger partial charge < -0.3 is 4.90 Å². The van der Waals surface area contributed by atoms with E-state index in [4.69, 9.17) is 4.98 Å². The Labute approximate surface area is 155 Å². The van der Waals surface area contributed by atoms with Crippen molar-refractivity contribution in [2.45, 2.75) is 38.8 Å². The van der Waals surface area contributed by atoms with E-state index in [-0.39, 0.29) is 18.8 Å². The Morgan fingerprint density at radius 3 is 2.69 bits per heavy atom. The molecule has 0 aliphatic carbocycles. The molecule has 2 atom stereocenters. The molecule has 7 nitrogen and oxygen atoms in total. The molecular formula is C18H21N4O3S+. The van der Waals surface area contributed by atoms with E-state index in [0.717, 1.165) is 49.3 Å². The Balaban J connectivity index is 1.57. The van der Waals surface area contributed by atoms with Crippen molar-refractivity contribution >= 4 is 39.4 Å². The number of amides is 4. The highest BCUT2D eigenvalue weighted by Gasteiger charge is 2.48. The lowest BCUT2D eigenvalue weighted by Crippen LogP contribution is -3.12. The van der Waals surface area contributed by atoms with Crippen LogP contribution in [0.1, 0.15) is 37.7 Å². The molecule has 0 saturated carbocycles. The van der Waals surface area contributed by atoms with Crippen LogP contribution >= 0.6 is 11.3 Å². The first-order chi connectivity index (χ1) is 12.5. The molecule has 4 rings (SSSR count). The summed E-state index contributed by atoms with van der Waals surface area (Å²) in [7, 11) is 0. The first kappa shape index (κ1) is 17.1. The van der Waals surface area contributed by atoms with E-state index < -0.39 is 17.8 Å². The van der Waals surface area contributed by atoms with Gasteiger partial charge in [-0.05, 0) is 26.0 Å². The molecule has 2 fully saturated rings. The van der Waals surface area contributed by atoms with Gasteiger partial charge in [-0.25, -0.2) is 14.7 Å². The third kappa shape index (κ3) is 2.69. The fraction of sp³-hybridized carbons (Fsp3) is 0.444. The van der Waals surface area contributed by atoms with Gasteiger partial charge in [0.1, 0.15) is 6.04 Å². The van der Waals surface area contributed by atoms with Gasteiger partial charge in [-0.2, -0.15) is 0 Å². The monoisotopic (exact) mass is 373 g/mol. The second-order valence-electron chi connectivity index (χ2n) is 7.07. The lowest BCUT2D eigenvalue weighted by molar-refractivity contribution is -0.925. The van der Waals surface area contributed by atoms with E-state index in [9.17, 15) is 14.4 Å². The van der Waals surface area contributed by atoms with Crippen molar-refractivity contribution in [1.29, 1.82) is 0 Å². The summed E-state index contributed by atoms with van der Waals surface area (Å²) in [4.78, 5) is 44.9. The number of thiazole rings is 1. The van der Waals surface area contributed by atoms with Crippen LogP contribution in [-0.2, 0) is 9.59 Å². The number of nitrogens with zero attached hydrogens (tertiary/aromatic N) is 3. The summed E-state index contributed by atoms with van der Waals surface area (Å²) in [5.74, 6) is -1.44. The second-order valence-corrected chi connectivity index (χ2v) is 8.13. The second kappa shape index (κ2) is 6.44. The number of fused-ring (bicyclic) bond motifs is 1. The summed E-state index contributed by atoms with van der Waals surface area (Å²) in [6, 6.07) is 7.34. The number of carbonyl (C=O) groups is 3. The maximum absolute atomic E-state index is 12.5. The number of para-hydroxylation sites is 1. The lowest BCUT2D eigenvalue weighted by atomic mass is 10.2. The topological polar surface area (TPSA) is 75.0 Å². The van der Waals surface area contributed by atoms with Gasteiger partial charge in [0.2, 0.25) is 0 Å². The number of likely N-dealkylation sites (tertiary alicyclic amines) is 1. The number of urea groups is 1. The first-order valence-corrected chi connectivity index (χ1v) is 9.68. The summed E-state index contributed by atoms with van der Waals surface area (Å²) < 4.78 is 1.14. The minimum Gasteiger partial charge on any atom is -0.309 e. The van der Waals surface area contributed by atoms with Gasteiger partial charge in [-0.3, -0.25) is 14.5 Å². The Hall–Kier alpha value is -2.32. The molecule has 1 aromatic heterocycles. The predicted molar refractivity (Wildman–Crippen MR) is 96.5 cm³/mol. The molecule has 2 saturated heterocycles. The summed E-state index contributed by atoms with van der Waals surface area (Å²) in [6.45, 7) is 4.54. The SMILES string of the molecule is CC(C)N1C(=O)C(=O)N(C[NH+]2CCC[C@@H]2c2nc3ccccc3s2)C1=O. The summed E-state index contributed by atoms with van der Waals surface area (Å²) in [5.41, 5.74) is 0.980. The molecule has 3 heterocycles. The normalized spacial score (nSPS) is 23.9. The molecule has 1 aromatic carbocycles. The molecule has 2 aromatic rings. The quantitative estimate of drug-likeness (QED) is 0.645. The van der Waals surface area contributed by atoms with Crippen LogP contribution in [0.5, 0.6) is 0 Å². The molecule has 1 unspecified atom stereocenters. The zero-order valence-corrected chi connectivity index (χ0v) is 15.6. The maximum Gasteiger partial charge on any atom is 0.338 e. The zero-order chi connectivity index (χ0) is 18.4. The molecule has 136 valence electrons. The fourth-order valence-corrected chi connectivity index (χ4v) is 4.92. The largest absolute Gasteiger partial charge is 0.338 e. The molecule has 2 aliphatic rings. The van der Waals surface area contributed by atoms with E-state index >= 15 is 0 Å². The average molecular weight is 373 g/mol. The standard InChI is InChI=1S/C18H20N4O3S/c1-11(2)22-17(24)16(23)21(18(22)25)10-20-9-5-7-13(20)15-19-12-6-3-4-8-14(12)26-15/h3-4,6,8,11,13H,5,7,9-10H2,1-2H3/p+1/t13-/m1/s1. The molecule has 1 N–H and O–H groups in total. The van der Waals surface area contributed by atoms with Gasteiger partial charge in [-0.1, -0.05) is 12.1 Å². The molecule has 8 heteroatoms. The van der Waals surface area contributed by atoms with E-state index in [0.29, 0.717) is 0 Å². The fourth-order valence-electron chi connectivity index (χ4n) is 3.76. The van der Waals surface area contributed by atoms with Crippen molar-refractivity contribution in [3.8, 4) is 0 Å². The van der Waals surface area contributed by atoms with Crippen molar-refractivity contribution in [1.82, 2.24) is 14.8 Å². The van der Waals surface area contributed by atoms with Gasteiger partial charge in [0, 0.05) is 18.9 Å². The highest BCUT2D eigenvalue weighted by molar-refractivity contribution is 7.18. The van der Waals surface area contributed by atoms with E-state index in [1.165, 1.54) is 0 Å². The number of carbonyl (C=O) groups excluding carboxylic acids is 3. The van der Waals surface area contributed by atoms with Crippen LogP contribution in [-0.4, -0.2) is 51.9 Å². The third-order valence-corrected chi connectivity index (χ3v) is 6.20. The highest BCUT2D eigenvalue weighted by atomic mass is 32.1. The Morgan fingerprint density at radius 1 is 1.23 bits per heavy atom. The zero-order valence-electron chi connectivity index (χ0n) is 14.8. The average Bonchev–Trinajstić information content (AvgIpc) is 3.28. The minimum absolute atomic E-state index is 0.149. The number of rotatable bonds is 4. The molecule has 0 spiro atoms. The summed E-state index contributed by atoms with van der Waals surface area (Å²) in [6.07, 6.45) is 1.97. The number of nitrogens with one attached hydrogen (secondary N) is 1. The predicted octanol–water partition coefficient (Wildman–Crippen LogP) is 1.17. The number of quaternary nitrogens is 1. The number of imide groups is 2. The van der Waals surface area contributed by atoms with E-state index in [1.807, 2.05) is 18.2 Å². The summed E-state index contributed by atoms with van der Waals surface area (Å²) >= 11 is 1.67. The van der Waals surface area contributed by atoms with Gasteiger partial charge in [0.25, 0.3) is 0 Å². The lowest BCUT2D eigenvalue weighted by Gasteiger charge is -2.24. The van der Waals surface area contributed by atoms with Crippen LogP contribution in [0.4, 0.5) is 4.79 Å². The molecule has 26 heavy (non-hydrogen) atoms. The van der Waals surface area contributed by atoms with E-state index in [1.54, 1.807) is 25.2 Å². The number of hydrogen-bond acceptors (Lipinski definition) is 5. The Bertz CT molecular complexity index is 860. The van der Waals surface area contributed by atoms with Crippen LogP contribution in [0.2, 0.25) is 0 Å². The summed E-state index contributed by atoms with van der Waals surface area (Å²) in [5, 5.41) is 1.03. The van der Waals surface area contributed by atoms with Crippen molar-refractivity contribution in [2.75, 3.05) is 13.2 Å². The molecule has 0 bridgehead atoms. The Kier molecular flexibility index (Phi) is 4.24.